The fourth-order valence-corrected chi connectivity index (χ4v) is 2.25. The second kappa shape index (κ2) is 6.24. The van der Waals surface area contributed by atoms with Crippen LogP contribution in [0.5, 0.6) is 0 Å². The average molecular weight is 324 g/mol. The molecule has 4 N–H and O–H groups in total. The predicted octanol–water partition coefficient (Wildman–Crippen LogP) is 4.84. The molecule has 4 nitrogen and oxygen atoms in total. The second-order valence-electron chi connectivity index (χ2n) is 4.67. The molecule has 0 heterocycles. The van der Waals surface area contributed by atoms with Crippen LogP contribution in [0.2, 0.25) is 10.0 Å². The summed E-state index contributed by atoms with van der Waals surface area (Å²) in [6.07, 6.45) is 0. The smallest absolute Gasteiger partial charge is 0.323 e. The van der Waals surface area contributed by atoms with Crippen LogP contribution in [-0.2, 0) is 0 Å². The van der Waals surface area contributed by atoms with Crippen LogP contribution in [0.3, 0.4) is 0 Å². The molecule has 0 aliphatic heterocycles. The van der Waals surface area contributed by atoms with Gasteiger partial charge in [-0.25, -0.2) is 4.79 Å². The molecule has 2 amide bonds. The van der Waals surface area contributed by atoms with Crippen LogP contribution < -0.4 is 16.4 Å². The first-order chi connectivity index (χ1) is 9.88. The number of benzene rings is 2. The molecule has 0 aliphatic rings. The van der Waals surface area contributed by atoms with Gasteiger partial charge in [0.15, 0.2) is 0 Å². The maximum Gasteiger partial charge on any atom is 0.323 e. The largest absolute Gasteiger partial charge is 0.398 e. The van der Waals surface area contributed by atoms with E-state index in [4.69, 9.17) is 28.9 Å². The Bertz CT molecular complexity index is 702. The first-order valence-electron chi connectivity index (χ1n) is 6.27. The van der Waals surface area contributed by atoms with Gasteiger partial charge in [-0.05, 0) is 49.2 Å². The van der Waals surface area contributed by atoms with Crippen molar-refractivity contribution >= 4 is 46.3 Å². The van der Waals surface area contributed by atoms with Gasteiger partial charge < -0.3 is 16.4 Å². The second-order valence-corrected chi connectivity index (χ2v) is 5.52. The van der Waals surface area contributed by atoms with Gasteiger partial charge in [0.05, 0.1) is 16.4 Å². The van der Waals surface area contributed by atoms with E-state index >= 15 is 0 Å². The van der Waals surface area contributed by atoms with Gasteiger partial charge in [-0.15, -0.1) is 0 Å². The Labute approximate surface area is 133 Å². The van der Waals surface area contributed by atoms with E-state index in [1.165, 1.54) is 0 Å². The molecule has 2 aromatic carbocycles. The first-order valence-corrected chi connectivity index (χ1v) is 7.03. The molecule has 0 radical (unpaired) electrons. The van der Waals surface area contributed by atoms with E-state index in [0.29, 0.717) is 27.1 Å². The molecule has 0 atom stereocenters. The summed E-state index contributed by atoms with van der Waals surface area (Å²) in [6.45, 7) is 3.75. The SMILES string of the molecule is Cc1ccc(N)c(C)c1NC(=O)Nc1cc(Cl)ccc1Cl. The Balaban J connectivity index is 2.20. The number of carbonyl (C=O) groups excluding carboxylic acids is 1. The van der Waals surface area contributed by atoms with E-state index in [9.17, 15) is 4.79 Å². The number of anilines is 3. The van der Waals surface area contributed by atoms with Crippen molar-refractivity contribution in [2.24, 2.45) is 0 Å². The van der Waals surface area contributed by atoms with E-state index in [-0.39, 0.29) is 0 Å². The van der Waals surface area contributed by atoms with E-state index in [0.717, 1.165) is 11.1 Å². The molecule has 6 heteroatoms. The van der Waals surface area contributed by atoms with Crippen LogP contribution in [0.4, 0.5) is 21.9 Å². The monoisotopic (exact) mass is 323 g/mol. The lowest BCUT2D eigenvalue weighted by Crippen LogP contribution is -2.21. The topological polar surface area (TPSA) is 67.1 Å². The van der Waals surface area contributed by atoms with Crippen LogP contribution in [0.25, 0.3) is 0 Å². The predicted molar refractivity (Wildman–Crippen MR) is 89.4 cm³/mol. The Morgan fingerprint density at radius 1 is 1.10 bits per heavy atom. The lowest BCUT2D eigenvalue weighted by Gasteiger charge is -2.14. The Morgan fingerprint density at radius 3 is 2.52 bits per heavy atom. The molecule has 2 rings (SSSR count). The van der Waals surface area contributed by atoms with Crippen LogP contribution >= 0.6 is 23.2 Å². The summed E-state index contributed by atoms with van der Waals surface area (Å²) in [4.78, 5) is 12.1. The number of nitrogen functional groups attached to an aromatic ring is 1. The van der Waals surface area contributed by atoms with Gasteiger partial charge >= 0.3 is 6.03 Å². The maximum atomic E-state index is 12.1. The molecule has 0 aromatic heterocycles. The van der Waals surface area contributed by atoms with Crippen LogP contribution in [0, 0.1) is 13.8 Å². The van der Waals surface area contributed by atoms with Crippen molar-refractivity contribution in [2.45, 2.75) is 13.8 Å². The minimum absolute atomic E-state index is 0.407. The highest BCUT2D eigenvalue weighted by Crippen LogP contribution is 2.27. The van der Waals surface area contributed by atoms with Crippen molar-refractivity contribution in [3.05, 3.63) is 51.5 Å². The zero-order chi connectivity index (χ0) is 15.6. The zero-order valence-electron chi connectivity index (χ0n) is 11.6. The third-order valence-electron chi connectivity index (χ3n) is 3.13. The van der Waals surface area contributed by atoms with E-state index in [2.05, 4.69) is 10.6 Å². The van der Waals surface area contributed by atoms with E-state index in [1.54, 1.807) is 18.2 Å². The van der Waals surface area contributed by atoms with Gasteiger partial charge in [-0.1, -0.05) is 29.3 Å². The van der Waals surface area contributed by atoms with Crippen molar-refractivity contribution in [3.63, 3.8) is 0 Å². The van der Waals surface area contributed by atoms with Gasteiger partial charge in [0, 0.05) is 10.7 Å². The molecule has 0 fully saturated rings. The molecule has 0 bridgehead atoms. The number of carbonyl (C=O) groups is 1. The lowest BCUT2D eigenvalue weighted by atomic mass is 10.1. The fourth-order valence-electron chi connectivity index (χ4n) is 1.92. The summed E-state index contributed by atoms with van der Waals surface area (Å²) < 4.78 is 0. The number of rotatable bonds is 2. The highest BCUT2D eigenvalue weighted by Gasteiger charge is 2.11. The molecule has 0 unspecified atom stereocenters. The summed E-state index contributed by atoms with van der Waals surface area (Å²) in [5.41, 5.74) is 9.35. The number of nitrogens with two attached hydrogens (primary N) is 1. The van der Waals surface area contributed by atoms with Crippen molar-refractivity contribution < 1.29 is 4.79 Å². The number of halogens is 2. The standard InChI is InChI=1S/C15H15Cl2N3O/c1-8-3-6-12(18)9(2)14(8)20-15(21)19-13-7-10(16)4-5-11(13)17/h3-7H,18H2,1-2H3,(H2,19,20,21). The number of nitrogens with one attached hydrogen (secondary N) is 2. The van der Waals surface area contributed by atoms with Gasteiger partial charge in [0.2, 0.25) is 0 Å². The number of amides is 2. The number of aryl methyl sites for hydroxylation is 1. The molecule has 2 aromatic rings. The molecule has 0 spiro atoms. The van der Waals surface area contributed by atoms with E-state index < -0.39 is 6.03 Å². The molecule has 110 valence electrons. The highest BCUT2D eigenvalue weighted by atomic mass is 35.5. The Kier molecular flexibility index (Phi) is 4.60. The minimum atomic E-state index is -0.407. The normalized spacial score (nSPS) is 10.3. The molecular formula is C15H15Cl2N3O. The van der Waals surface area contributed by atoms with Crippen LogP contribution in [0.15, 0.2) is 30.3 Å². The Morgan fingerprint density at radius 2 is 1.81 bits per heavy atom. The first kappa shape index (κ1) is 15.5. The van der Waals surface area contributed by atoms with Crippen LogP contribution in [-0.4, -0.2) is 6.03 Å². The van der Waals surface area contributed by atoms with Gasteiger partial charge in [-0.3, -0.25) is 0 Å². The van der Waals surface area contributed by atoms with Crippen molar-refractivity contribution in [1.29, 1.82) is 0 Å². The fraction of sp³-hybridized carbons (Fsp3) is 0.133. The van der Waals surface area contributed by atoms with Crippen molar-refractivity contribution in [1.82, 2.24) is 0 Å². The summed E-state index contributed by atoms with van der Waals surface area (Å²) in [6, 6.07) is 8.11. The number of hydrogen-bond donors (Lipinski definition) is 3. The molecule has 0 saturated heterocycles. The average Bonchev–Trinajstić information content (AvgIpc) is 2.43. The lowest BCUT2D eigenvalue weighted by molar-refractivity contribution is 0.262. The molecule has 0 saturated carbocycles. The maximum absolute atomic E-state index is 12.1. The quantitative estimate of drug-likeness (QED) is 0.692. The third kappa shape index (κ3) is 3.60. The van der Waals surface area contributed by atoms with Crippen LogP contribution in [0.1, 0.15) is 11.1 Å². The summed E-state index contributed by atoms with van der Waals surface area (Å²) in [5, 5.41) is 6.35. The van der Waals surface area contributed by atoms with E-state index in [1.807, 2.05) is 26.0 Å². The highest BCUT2D eigenvalue weighted by molar-refractivity contribution is 6.35. The summed E-state index contributed by atoms with van der Waals surface area (Å²) in [5.74, 6) is 0. The minimum Gasteiger partial charge on any atom is -0.398 e. The third-order valence-corrected chi connectivity index (χ3v) is 3.70. The van der Waals surface area contributed by atoms with Gasteiger partial charge in [0.25, 0.3) is 0 Å². The number of urea groups is 1. The Hall–Kier alpha value is -1.91. The summed E-state index contributed by atoms with van der Waals surface area (Å²) in [7, 11) is 0. The molecular weight excluding hydrogens is 309 g/mol. The summed E-state index contributed by atoms with van der Waals surface area (Å²) >= 11 is 11.9. The number of hydrogen-bond acceptors (Lipinski definition) is 2. The van der Waals surface area contributed by atoms with Gasteiger partial charge in [0.1, 0.15) is 0 Å². The molecule has 21 heavy (non-hydrogen) atoms. The van der Waals surface area contributed by atoms with Crippen molar-refractivity contribution in [2.75, 3.05) is 16.4 Å². The molecule has 0 aliphatic carbocycles. The van der Waals surface area contributed by atoms with Gasteiger partial charge in [-0.2, -0.15) is 0 Å². The zero-order valence-corrected chi connectivity index (χ0v) is 13.1. The van der Waals surface area contributed by atoms with Crippen molar-refractivity contribution in [3.8, 4) is 0 Å².